The normalized spacial score (nSPS) is 21.3. The Bertz CT molecular complexity index is 624. The van der Waals surface area contributed by atoms with Crippen molar-refractivity contribution in [3.05, 3.63) is 39.7 Å². The Labute approximate surface area is 122 Å². The van der Waals surface area contributed by atoms with Gasteiger partial charge in [-0.3, -0.25) is 14.9 Å². The van der Waals surface area contributed by atoms with Gasteiger partial charge in [-0.15, -0.1) is 11.8 Å². The van der Waals surface area contributed by atoms with Crippen molar-refractivity contribution in [2.75, 3.05) is 5.75 Å². The van der Waals surface area contributed by atoms with Crippen LogP contribution in [0.5, 0.6) is 0 Å². The average molecular weight is 314 g/mol. The first-order chi connectivity index (χ1) is 9.82. The van der Waals surface area contributed by atoms with E-state index in [0.29, 0.717) is 0 Å². The van der Waals surface area contributed by atoms with Gasteiger partial charge in [-0.25, -0.2) is 9.18 Å². The third-order valence-corrected chi connectivity index (χ3v) is 4.35. The number of carboxylic acid groups (broad SMARTS) is 1. The van der Waals surface area contributed by atoms with Crippen LogP contribution in [-0.2, 0) is 4.79 Å². The van der Waals surface area contributed by atoms with Crippen LogP contribution < -0.4 is 0 Å². The molecule has 1 amide bonds. The molecule has 0 bridgehead atoms. The molecular weight excluding hydrogens is 303 g/mol. The fourth-order valence-electron chi connectivity index (χ4n) is 2.07. The molecule has 0 saturated carbocycles. The van der Waals surface area contributed by atoms with Gasteiger partial charge in [0.2, 0.25) is 0 Å². The van der Waals surface area contributed by atoms with Crippen molar-refractivity contribution in [3.63, 3.8) is 0 Å². The van der Waals surface area contributed by atoms with E-state index in [1.165, 1.54) is 11.8 Å². The van der Waals surface area contributed by atoms with Crippen molar-refractivity contribution < 1.29 is 24.0 Å². The average Bonchev–Trinajstić information content (AvgIpc) is 2.80. The molecule has 0 aromatic heterocycles. The van der Waals surface area contributed by atoms with Gasteiger partial charge in [0.1, 0.15) is 11.9 Å². The molecule has 21 heavy (non-hydrogen) atoms. The summed E-state index contributed by atoms with van der Waals surface area (Å²) in [7, 11) is 0. The smallest absolute Gasteiger partial charge is 0.327 e. The molecule has 0 radical (unpaired) electrons. The van der Waals surface area contributed by atoms with E-state index in [4.69, 9.17) is 5.11 Å². The molecule has 1 aromatic carbocycles. The Kier molecular flexibility index (Phi) is 4.12. The van der Waals surface area contributed by atoms with Crippen LogP contribution in [0.3, 0.4) is 0 Å². The number of hydrogen-bond donors (Lipinski definition) is 1. The third kappa shape index (κ3) is 2.82. The van der Waals surface area contributed by atoms with Crippen molar-refractivity contribution in [3.8, 4) is 0 Å². The number of nitro benzene ring substituents is 1. The Hall–Kier alpha value is -2.16. The number of carboxylic acids is 1. The highest BCUT2D eigenvalue weighted by molar-refractivity contribution is 8.00. The van der Waals surface area contributed by atoms with E-state index in [0.717, 1.165) is 23.1 Å². The number of non-ortho nitro benzene ring substituents is 1. The van der Waals surface area contributed by atoms with Crippen LogP contribution in [0.15, 0.2) is 18.2 Å². The van der Waals surface area contributed by atoms with Crippen molar-refractivity contribution in [2.24, 2.45) is 0 Å². The number of thioether (sulfide) groups is 1. The van der Waals surface area contributed by atoms with Gasteiger partial charge in [-0.05, 0) is 13.0 Å². The number of aliphatic carboxylic acids is 1. The van der Waals surface area contributed by atoms with Crippen LogP contribution in [-0.4, -0.2) is 44.0 Å². The third-order valence-electron chi connectivity index (χ3n) is 3.13. The van der Waals surface area contributed by atoms with Gasteiger partial charge in [0.15, 0.2) is 0 Å². The fourth-order valence-corrected chi connectivity index (χ4v) is 3.24. The zero-order valence-corrected chi connectivity index (χ0v) is 11.7. The van der Waals surface area contributed by atoms with Crippen LogP contribution in [0.4, 0.5) is 10.1 Å². The van der Waals surface area contributed by atoms with E-state index in [9.17, 15) is 24.1 Å². The maximum Gasteiger partial charge on any atom is 0.327 e. The summed E-state index contributed by atoms with van der Waals surface area (Å²) in [6.45, 7) is 1.63. The molecule has 7 nitrogen and oxygen atoms in total. The number of hydrogen-bond acceptors (Lipinski definition) is 5. The van der Waals surface area contributed by atoms with E-state index in [1.807, 2.05) is 0 Å². The Morgan fingerprint density at radius 3 is 2.76 bits per heavy atom. The monoisotopic (exact) mass is 314 g/mol. The SMILES string of the molecule is CC1SCC(C(=O)O)N1C(=O)c1cc([N+](=O)[O-])ccc1F. The molecule has 112 valence electrons. The van der Waals surface area contributed by atoms with Gasteiger partial charge < -0.3 is 10.0 Å². The predicted molar refractivity (Wildman–Crippen MR) is 72.6 cm³/mol. The van der Waals surface area contributed by atoms with Crippen molar-refractivity contribution in [1.29, 1.82) is 0 Å². The number of nitro groups is 1. The van der Waals surface area contributed by atoms with E-state index in [2.05, 4.69) is 0 Å². The van der Waals surface area contributed by atoms with Crippen LogP contribution >= 0.6 is 11.8 Å². The Balaban J connectivity index is 2.41. The lowest BCUT2D eigenvalue weighted by Crippen LogP contribution is -2.45. The summed E-state index contributed by atoms with van der Waals surface area (Å²) in [4.78, 5) is 34.5. The van der Waals surface area contributed by atoms with E-state index < -0.39 is 45.3 Å². The minimum Gasteiger partial charge on any atom is -0.480 e. The lowest BCUT2D eigenvalue weighted by molar-refractivity contribution is -0.384. The van der Waals surface area contributed by atoms with E-state index in [1.54, 1.807) is 6.92 Å². The highest BCUT2D eigenvalue weighted by Gasteiger charge is 2.40. The Morgan fingerprint density at radius 1 is 1.52 bits per heavy atom. The van der Waals surface area contributed by atoms with Crippen LogP contribution in [0.1, 0.15) is 17.3 Å². The second kappa shape index (κ2) is 5.68. The molecule has 1 saturated heterocycles. The molecule has 0 spiro atoms. The van der Waals surface area contributed by atoms with Crippen molar-refractivity contribution >= 4 is 29.3 Å². The van der Waals surface area contributed by atoms with Gasteiger partial charge in [0, 0.05) is 17.9 Å². The first kappa shape index (κ1) is 15.2. The zero-order chi connectivity index (χ0) is 15.7. The summed E-state index contributed by atoms with van der Waals surface area (Å²) in [6, 6.07) is 1.53. The largest absolute Gasteiger partial charge is 0.480 e. The summed E-state index contributed by atoms with van der Waals surface area (Å²) < 4.78 is 13.8. The van der Waals surface area contributed by atoms with Crippen molar-refractivity contribution in [1.82, 2.24) is 4.90 Å². The molecule has 1 heterocycles. The molecule has 2 atom stereocenters. The number of rotatable bonds is 3. The van der Waals surface area contributed by atoms with Crippen molar-refractivity contribution in [2.45, 2.75) is 18.3 Å². The second-order valence-electron chi connectivity index (χ2n) is 4.42. The second-order valence-corrected chi connectivity index (χ2v) is 5.77. The number of carbonyl (C=O) groups is 2. The lowest BCUT2D eigenvalue weighted by atomic mass is 10.1. The van der Waals surface area contributed by atoms with Gasteiger partial charge in [0.05, 0.1) is 15.9 Å². The summed E-state index contributed by atoms with van der Waals surface area (Å²) in [6.07, 6.45) is 0. The van der Waals surface area contributed by atoms with E-state index >= 15 is 0 Å². The number of nitrogens with zero attached hydrogens (tertiary/aromatic N) is 2. The van der Waals surface area contributed by atoms with Crippen LogP contribution in [0, 0.1) is 15.9 Å². The first-order valence-corrected chi connectivity index (χ1v) is 6.99. The zero-order valence-electron chi connectivity index (χ0n) is 10.9. The minimum absolute atomic E-state index is 0.193. The summed E-state index contributed by atoms with van der Waals surface area (Å²) >= 11 is 1.25. The number of halogens is 1. The maximum atomic E-state index is 13.8. The van der Waals surface area contributed by atoms with Gasteiger partial charge in [-0.1, -0.05) is 0 Å². The molecule has 0 aliphatic carbocycles. The number of amides is 1. The molecule has 9 heteroatoms. The maximum absolute atomic E-state index is 13.8. The molecule has 1 aliphatic heterocycles. The highest BCUT2D eigenvalue weighted by Crippen LogP contribution is 2.31. The Morgan fingerprint density at radius 2 is 2.19 bits per heavy atom. The van der Waals surface area contributed by atoms with Crippen LogP contribution in [0.25, 0.3) is 0 Å². The summed E-state index contributed by atoms with van der Waals surface area (Å²) in [5, 5.41) is 19.4. The topological polar surface area (TPSA) is 101 Å². The number of benzene rings is 1. The molecule has 1 N–H and O–H groups in total. The van der Waals surface area contributed by atoms with Gasteiger partial charge in [-0.2, -0.15) is 0 Å². The first-order valence-electron chi connectivity index (χ1n) is 5.94. The van der Waals surface area contributed by atoms with Gasteiger partial charge in [0.25, 0.3) is 11.6 Å². The van der Waals surface area contributed by atoms with Crippen LogP contribution in [0.2, 0.25) is 0 Å². The molecular formula is C12H11FN2O5S. The standard InChI is InChI=1S/C12H11FN2O5S/c1-6-14(10(5-21-6)12(17)18)11(16)8-4-7(15(19)20)2-3-9(8)13/h2-4,6,10H,5H2,1H3,(H,17,18). The summed E-state index contributed by atoms with van der Waals surface area (Å²) in [5.74, 6) is -2.77. The fraction of sp³-hybridized carbons (Fsp3) is 0.333. The molecule has 2 rings (SSSR count). The molecule has 2 unspecified atom stereocenters. The summed E-state index contributed by atoms with van der Waals surface area (Å²) in [5.41, 5.74) is -0.920. The molecule has 1 aromatic rings. The lowest BCUT2D eigenvalue weighted by Gasteiger charge is -2.25. The van der Waals surface area contributed by atoms with Gasteiger partial charge >= 0.3 is 5.97 Å². The molecule has 1 fully saturated rings. The molecule has 1 aliphatic rings. The van der Waals surface area contributed by atoms with E-state index in [-0.39, 0.29) is 5.75 Å². The quantitative estimate of drug-likeness (QED) is 0.673. The predicted octanol–water partition coefficient (Wildman–Crippen LogP) is 1.72. The minimum atomic E-state index is -1.19. The highest BCUT2D eigenvalue weighted by atomic mass is 32.2. The number of carbonyl (C=O) groups excluding carboxylic acids is 1.